The summed E-state index contributed by atoms with van der Waals surface area (Å²) in [7, 11) is 1.88. The minimum Gasteiger partial charge on any atom is -0.406 e. The van der Waals surface area contributed by atoms with Crippen molar-refractivity contribution in [1.82, 2.24) is 10.2 Å². The molecule has 22 heavy (non-hydrogen) atoms. The fourth-order valence-corrected chi connectivity index (χ4v) is 2.38. The van der Waals surface area contributed by atoms with E-state index in [1.54, 1.807) is 4.90 Å². The number of alkyl halides is 3. The molecule has 1 saturated heterocycles. The van der Waals surface area contributed by atoms with Gasteiger partial charge in [0.1, 0.15) is 5.75 Å². The average molecular weight is 339 g/mol. The van der Waals surface area contributed by atoms with Crippen LogP contribution in [0.1, 0.15) is 23.2 Å². The Morgan fingerprint density at radius 1 is 1.32 bits per heavy atom. The molecule has 1 fully saturated rings. The number of carbonyl (C=O) groups excluding carboxylic acids is 1. The Hall–Kier alpha value is -1.47. The molecule has 1 N–H and O–H groups in total. The molecule has 0 radical (unpaired) electrons. The van der Waals surface area contributed by atoms with Crippen molar-refractivity contribution in [2.75, 3.05) is 20.1 Å². The lowest BCUT2D eigenvalue weighted by Gasteiger charge is -2.31. The molecule has 124 valence electrons. The first-order chi connectivity index (χ1) is 9.89. The fourth-order valence-electron chi connectivity index (χ4n) is 2.38. The van der Waals surface area contributed by atoms with Crippen LogP contribution in [0.2, 0.25) is 0 Å². The second kappa shape index (κ2) is 7.69. The van der Waals surface area contributed by atoms with Crippen molar-refractivity contribution in [2.24, 2.45) is 0 Å². The van der Waals surface area contributed by atoms with Crippen LogP contribution in [-0.4, -0.2) is 43.3 Å². The van der Waals surface area contributed by atoms with Crippen LogP contribution in [-0.2, 0) is 0 Å². The van der Waals surface area contributed by atoms with E-state index in [1.807, 2.05) is 7.05 Å². The van der Waals surface area contributed by atoms with Crippen molar-refractivity contribution >= 4 is 18.3 Å². The fraction of sp³-hybridized carbons (Fsp3) is 0.500. The van der Waals surface area contributed by atoms with E-state index < -0.39 is 6.36 Å². The SMILES string of the molecule is CNC1CCN(C(=O)c2cccc(OC(F)(F)F)c2)CC1.Cl. The summed E-state index contributed by atoms with van der Waals surface area (Å²) in [5, 5.41) is 3.16. The Bertz CT molecular complexity index is 503. The number of hydrogen-bond acceptors (Lipinski definition) is 3. The molecule has 1 aliphatic heterocycles. The van der Waals surface area contributed by atoms with Gasteiger partial charge in [-0.1, -0.05) is 6.07 Å². The van der Waals surface area contributed by atoms with Crippen LogP contribution in [0.5, 0.6) is 5.75 Å². The third-order valence-corrected chi connectivity index (χ3v) is 3.50. The van der Waals surface area contributed by atoms with Crippen molar-refractivity contribution in [1.29, 1.82) is 0 Å². The van der Waals surface area contributed by atoms with E-state index in [4.69, 9.17) is 0 Å². The predicted octanol–water partition coefficient (Wildman–Crippen LogP) is 2.83. The van der Waals surface area contributed by atoms with Gasteiger partial charge < -0.3 is 15.0 Å². The van der Waals surface area contributed by atoms with Crippen LogP contribution in [0.4, 0.5) is 13.2 Å². The van der Waals surface area contributed by atoms with Gasteiger partial charge in [-0.05, 0) is 38.1 Å². The first kappa shape index (κ1) is 18.6. The highest BCUT2D eigenvalue weighted by Gasteiger charge is 2.31. The van der Waals surface area contributed by atoms with Gasteiger partial charge in [0, 0.05) is 24.7 Å². The van der Waals surface area contributed by atoms with Crippen molar-refractivity contribution in [3.8, 4) is 5.75 Å². The number of piperidine rings is 1. The van der Waals surface area contributed by atoms with Gasteiger partial charge in [0.15, 0.2) is 0 Å². The van der Waals surface area contributed by atoms with Gasteiger partial charge in [0.25, 0.3) is 5.91 Å². The Kier molecular flexibility index (Phi) is 6.49. The van der Waals surface area contributed by atoms with E-state index >= 15 is 0 Å². The summed E-state index contributed by atoms with van der Waals surface area (Å²) >= 11 is 0. The number of nitrogens with zero attached hydrogens (tertiary/aromatic N) is 1. The highest BCUT2D eigenvalue weighted by Crippen LogP contribution is 2.24. The number of rotatable bonds is 3. The number of benzene rings is 1. The molecule has 1 amide bonds. The molecule has 1 aromatic carbocycles. The summed E-state index contributed by atoms with van der Waals surface area (Å²) in [6.07, 6.45) is -3.09. The number of nitrogens with one attached hydrogen (secondary N) is 1. The van der Waals surface area contributed by atoms with Crippen molar-refractivity contribution in [3.05, 3.63) is 29.8 Å². The number of amides is 1. The summed E-state index contributed by atoms with van der Waals surface area (Å²) < 4.78 is 40.4. The Labute approximate surface area is 133 Å². The van der Waals surface area contributed by atoms with Crippen LogP contribution in [0.3, 0.4) is 0 Å². The van der Waals surface area contributed by atoms with Crippen LogP contribution in [0.15, 0.2) is 24.3 Å². The van der Waals surface area contributed by atoms with Gasteiger partial charge in [-0.15, -0.1) is 25.6 Å². The summed E-state index contributed by atoms with van der Waals surface area (Å²) in [5.74, 6) is -0.643. The van der Waals surface area contributed by atoms with E-state index in [2.05, 4.69) is 10.1 Å². The molecule has 0 spiro atoms. The van der Waals surface area contributed by atoms with E-state index in [-0.39, 0.29) is 29.6 Å². The quantitative estimate of drug-likeness (QED) is 0.921. The summed E-state index contributed by atoms with van der Waals surface area (Å²) in [6.45, 7) is 1.18. The first-order valence-electron chi connectivity index (χ1n) is 6.71. The van der Waals surface area contributed by atoms with Crippen LogP contribution >= 0.6 is 12.4 Å². The van der Waals surface area contributed by atoms with E-state index in [9.17, 15) is 18.0 Å². The molecule has 4 nitrogen and oxygen atoms in total. The topological polar surface area (TPSA) is 41.6 Å². The normalized spacial score (nSPS) is 16.1. The molecule has 0 aliphatic carbocycles. The molecular formula is C14H18ClF3N2O2. The maximum absolute atomic E-state index is 12.3. The molecule has 2 rings (SSSR count). The molecule has 0 bridgehead atoms. The van der Waals surface area contributed by atoms with Gasteiger partial charge >= 0.3 is 6.36 Å². The number of likely N-dealkylation sites (tertiary alicyclic amines) is 1. The van der Waals surface area contributed by atoms with E-state index in [1.165, 1.54) is 18.2 Å². The van der Waals surface area contributed by atoms with Gasteiger partial charge in [0.2, 0.25) is 0 Å². The zero-order chi connectivity index (χ0) is 15.5. The van der Waals surface area contributed by atoms with E-state index in [0.29, 0.717) is 19.1 Å². The highest BCUT2D eigenvalue weighted by molar-refractivity contribution is 5.94. The molecule has 1 heterocycles. The molecule has 1 aliphatic rings. The largest absolute Gasteiger partial charge is 0.573 e. The van der Waals surface area contributed by atoms with Crippen molar-refractivity contribution in [3.63, 3.8) is 0 Å². The first-order valence-corrected chi connectivity index (χ1v) is 6.71. The lowest BCUT2D eigenvalue weighted by atomic mass is 10.0. The zero-order valence-electron chi connectivity index (χ0n) is 12.0. The lowest BCUT2D eigenvalue weighted by molar-refractivity contribution is -0.274. The molecule has 0 saturated carbocycles. The monoisotopic (exact) mass is 338 g/mol. The third-order valence-electron chi connectivity index (χ3n) is 3.50. The minimum absolute atomic E-state index is 0. The van der Waals surface area contributed by atoms with Crippen molar-refractivity contribution < 1.29 is 22.7 Å². The number of carbonyl (C=O) groups is 1. The number of hydrogen-bond donors (Lipinski definition) is 1. The molecule has 0 unspecified atom stereocenters. The zero-order valence-corrected chi connectivity index (χ0v) is 12.8. The maximum atomic E-state index is 12.3. The van der Waals surface area contributed by atoms with Gasteiger partial charge in [-0.2, -0.15) is 0 Å². The number of halogens is 4. The number of ether oxygens (including phenoxy) is 1. The summed E-state index contributed by atoms with van der Waals surface area (Å²) in [5.41, 5.74) is 0.208. The smallest absolute Gasteiger partial charge is 0.406 e. The van der Waals surface area contributed by atoms with Crippen LogP contribution < -0.4 is 10.1 Å². The van der Waals surface area contributed by atoms with Gasteiger partial charge in [0.05, 0.1) is 0 Å². The van der Waals surface area contributed by atoms with Gasteiger partial charge in [-0.25, -0.2) is 0 Å². The van der Waals surface area contributed by atoms with Crippen molar-refractivity contribution in [2.45, 2.75) is 25.2 Å². The molecule has 0 atom stereocenters. The van der Waals surface area contributed by atoms with Crippen LogP contribution in [0, 0.1) is 0 Å². The summed E-state index contributed by atoms with van der Waals surface area (Å²) in [6, 6.07) is 5.57. The average Bonchev–Trinajstić information content (AvgIpc) is 2.45. The third kappa shape index (κ3) is 5.06. The highest BCUT2D eigenvalue weighted by atomic mass is 35.5. The molecule has 8 heteroatoms. The van der Waals surface area contributed by atoms with E-state index in [0.717, 1.165) is 18.9 Å². The summed E-state index contributed by atoms with van der Waals surface area (Å²) in [4.78, 5) is 13.9. The maximum Gasteiger partial charge on any atom is 0.573 e. The Morgan fingerprint density at radius 2 is 1.95 bits per heavy atom. The molecular weight excluding hydrogens is 321 g/mol. The molecule has 1 aromatic rings. The van der Waals surface area contributed by atoms with Crippen LogP contribution in [0.25, 0.3) is 0 Å². The standard InChI is InChI=1S/C14H17F3N2O2.ClH/c1-18-11-5-7-19(8-6-11)13(20)10-3-2-4-12(9-10)21-14(15,16)17;/h2-4,9,11,18H,5-8H2,1H3;1H. The lowest BCUT2D eigenvalue weighted by Crippen LogP contribution is -2.43. The Balaban J connectivity index is 0.00000242. The predicted molar refractivity (Wildman–Crippen MR) is 78.4 cm³/mol. The Morgan fingerprint density at radius 3 is 2.50 bits per heavy atom. The minimum atomic E-state index is -4.76. The second-order valence-corrected chi connectivity index (χ2v) is 4.93. The molecule has 0 aromatic heterocycles. The second-order valence-electron chi connectivity index (χ2n) is 4.93. The van der Waals surface area contributed by atoms with Gasteiger partial charge in [-0.3, -0.25) is 4.79 Å².